The molecule has 0 saturated carbocycles. The van der Waals surface area contributed by atoms with Gasteiger partial charge in [-0.05, 0) is 42.3 Å². The molecule has 3 aromatic carbocycles. The number of nitro benzene ring substituents is 1. The third-order valence-corrected chi connectivity index (χ3v) is 6.40. The number of para-hydroxylation sites is 2. The van der Waals surface area contributed by atoms with Crippen LogP contribution in [0.3, 0.4) is 0 Å². The Kier molecular flexibility index (Phi) is 7.79. The maximum Gasteiger partial charge on any atom is 0.270 e. The minimum absolute atomic E-state index is 0.216. The molecule has 11 heteroatoms. The lowest BCUT2D eigenvalue weighted by atomic mass is 10.1. The topological polar surface area (TPSA) is 129 Å². The molecule has 34 heavy (non-hydrogen) atoms. The Labute approximate surface area is 197 Å². The summed E-state index contributed by atoms with van der Waals surface area (Å²) in [6.45, 7) is 0.366. The van der Waals surface area contributed by atoms with E-state index in [1.54, 1.807) is 38.5 Å². The van der Waals surface area contributed by atoms with Crippen molar-refractivity contribution in [3.05, 3.63) is 76.3 Å². The van der Waals surface area contributed by atoms with Crippen molar-refractivity contribution in [1.82, 2.24) is 0 Å². The molecule has 3 aromatic rings. The molecular weight excluding hydrogens is 462 g/mol. The molecule has 0 atom stereocenters. The smallest absolute Gasteiger partial charge is 0.270 e. The van der Waals surface area contributed by atoms with E-state index in [4.69, 9.17) is 14.2 Å². The van der Waals surface area contributed by atoms with Crippen molar-refractivity contribution in [1.29, 1.82) is 0 Å². The Hall–Kier alpha value is -3.99. The molecule has 0 saturated heterocycles. The fourth-order valence-corrected chi connectivity index (χ4v) is 4.57. The summed E-state index contributed by atoms with van der Waals surface area (Å²) in [5.41, 5.74) is 1.04. The second kappa shape index (κ2) is 10.8. The zero-order valence-corrected chi connectivity index (χ0v) is 19.7. The normalized spacial score (nSPS) is 10.9. The molecule has 0 aliphatic carbocycles. The van der Waals surface area contributed by atoms with E-state index < -0.39 is 14.9 Å². The fraction of sp³-hybridized carbons (Fsp3) is 0.217. The number of non-ortho nitro benzene ring substituents is 1. The van der Waals surface area contributed by atoms with Crippen LogP contribution in [0.4, 0.5) is 17.1 Å². The zero-order valence-electron chi connectivity index (χ0n) is 18.9. The summed E-state index contributed by atoms with van der Waals surface area (Å²) in [5, 5.41) is 14.4. The van der Waals surface area contributed by atoms with Gasteiger partial charge in [-0.25, -0.2) is 8.42 Å². The molecule has 0 aromatic heterocycles. The zero-order chi connectivity index (χ0) is 24.7. The second-order valence-electron chi connectivity index (χ2n) is 7.11. The molecule has 3 rings (SSSR count). The van der Waals surface area contributed by atoms with Crippen LogP contribution in [-0.2, 0) is 16.4 Å². The predicted octanol–water partition coefficient (Wildman–Crippen LogP) is 4.08. The van der Waals surface area contributed by atoms with Crippen LogP contribution in [0.25, 0.3) is 0 Å². The fourth-order valence-electron chi connectivity index (χ4n) is 3.30. The van der Waals surface area contributed by atoms with Gasteiger partial charge in [0.15, 0.2) is 11.5 Å². The van der Waals surface area contributed by atoms with E-state index in [0.717, 1.165) is 11.6 Å². The Bertz CT molecular complexity index is 1280. The number of nitro groups is 1. The summed E-state index contributed by atoms with van der Waals surface area (Å²) in [4.78, 5) is 10.4. The van der Waals surface area contributed by atoms with Crippen LogP contribution in [0.2, 0.25) is 0 Å². The highest BCUT2D eigenvalue weighted by Gasteiger charge is 2.23. The molecule has 0 bridgehead atoms. The highest BCUT2D eigenvalue weighted by Crippen LogP contribution is 2.32. The van der Waals surface area contributed by atoms with Crippen molar-refractivity contribution in [2.45, 2.75) is 11.3 Å². The van der Waals surface area contributed by atoms with Crippen LogP contribution in [-0.4, -0.2) is 41.2 Å². The molecule has 0 fully saturated rings. The van der Waals surface area contributed by atoms with E-state index in [0.29, 0.717) is 30.2 Å². The summed E-state index contributed by atoms with van der Waals surface area (Å²) < 4.78 is 44.6. The first-order valence-corrected chi connectivity index (χ1v) is 11.7. The second-order valence-corrected chi connectivity index (χ2v) is 8.76. The van der Waals surface area contributed by atoms with Gasteiger partial charge >= 0.3 is 0 Å². The number of methoxy groups -OCH3 is 3. The Morgan fingerprint density at radius 2 is 1.56 bits per heavy atom. The first kappa shape index (κ1) is 24.6. The van der Waals surface area contributed by atoms with Crippen LogP contribution in [0.5, 0.6) is 17.2 Å². The number of nitrogens with zero attached hydrogens (tertiary/aromatic N) is 1. The van der Waals surface area contributed by atoms with E-state index in [-0.39, 0.29) is 22.0 Å². The first-order chi connectivity index (χ1) is 16.3. The number of ether oxygens (including phenoxy) is 3. The molecule has 0 spiro atoms. The van der Waals surface area contributed by atoms with Crippen molar-refractivity contribution >= 4 is 27.1 Å². The van der Waals surface area contributed by atoms with Gasteiger partial charge in [0.25, 0.3) is 15.7 Å². The lowest BCUT2D eigenvalue weighted by Crippen LogP contribution is -2.17. The van der Waals surface area contributed by atoms with Gasteiger partial charge in [0.1, 0.15) is 10.6 Å². The lowest BCUT2D eigenvalue weighted by Gasteiger charge is -2.15. The van der Waals surface area contributed by atoms with E-state index in [1.807, 2.05) is 12.1 Å². The predicted molar refractivity (Wildman–Crippen MR) is 129 cm³/mol. The number of nitrogens with one attached hydrogen (secondary N) is 2. The molecule has 0 radical (unpaired) electrons. The maximum absolute atomic E-state index is 13.2. The van der Waals surface area contributed by atoms with E-state index in [9.17, 15) is 18.5 Å². The molecule has 0 aliphatic rings. The van der Waals surface area contributed by atoms with Crippen LogP contribution in [0.15, 0.2) is 65.6 Å². The molecule has 0 unspecified atom stereocenters. The number of hydrogen-bond acceptors (Lipinski definition) is 8. The molecule has 0 aliphatic heterocycles. The third-order valence-electron chi connectivity index (χ3n) is 4.99. The van der Waals surface area contributed by atoms with E-state index >= 15 is 0 Å². The average Bonchev–Trinajstić information content (AvgIpc) is 2.84. The van der Waals surface area contributed by atoms with Gasteiger partial charge in [-0.2, -0.15) is 0 Å². The number of hydrogen-bond donors (Lipinski definition) is 2. The van der Waals surface area contributed by atoms with Crippen LogP contribution >= 0.6 is 0 Å². The van der Waals surface area contributed by atoms with Gasteiger partial charge in [-0.3, -0.25) is 14.8 Å². The van der Waals surface area contributed by atoms with Crippen molar-refractivity contribution in [3.8, 4) is 17.2 Å². The molecule has 2 N–H and O–H groups in total. The number of benzene rings is 3. The minimum atomic E-state index is -4.18. The Morgan fingerprint density at radius 1 is 0.853 bits per heavy atom. The highest BCUT2D eigenvalue weighted by atomic mass is 32.2. The van der Waals surface area contributed by atoms with Crippen molar-refractivity contribution in [3.63, 3.8) is 0 Å². The van der Waals surface area contributed by atoms with Gasteiger partial charge in [0.2, 0.25) is 0 Å². The summed E-state index contributed by atoms with van der Waals surface area (Å²) >= 11 is 0. The Balaban J connectivity index is 1.86. The van der Waals surface area contributed by atoms with Crippen molar-refractivity contribution in [2.75, 3.05) is 37.9 Å². The molecule has 180 valence electrons. The first-order valence-electron chi connectivity index (χ1n) is 10.2. The molecule has 10 nitrogen and oxygen atoms in total. The average molecular weight is 488 g/mol. The molecular formula is C23H25N3O7S. The maximum atomic E-state index is 13.2. The van der Waals surface area contributed by atoms with Crippen LogP contribution < -0.4 is 24.2 Å². The number of sulfonamides is 1. The van der Waals surface area contributed by atoms with Gasteiger partial charge in [0, 0.05) is 18.7 Å². The minimum Gasteiger partial charge on any atom is -0.495 e. The van der Waals surface area contributed by atoms with Crippen molar-refractivity contribution in [2.24, 2.45) is 0 Å². The summed E-state index contributed by atoms with van der Waals surface area (Å²) in [7, 11) is 0.332. The number of rotatable bonds is 11. The standard InChI is InChI=1S/C23H25N3O7S/c1-31-20-7-5-4-6-18(20)25-34(29,30)23-15-17(26(27)28)9-10-19(23)24-13-12-16-8-11-21(32-2)22(14-16)33-3/h4-11,14-15,24-25H,12-13H2,1-3H3. The Morgan fingerprint density at radius 3 is 2.24 bits per heavy atom. The summed E-state index contributed by atoms with van der Waals surface area (Å²) in [6.07, 6.45) is 0.538. The van der Waals surface area contributed by atoms with Gasteiger partial charge in [-0.1, -0.05) is 18.2 Å². The van der Waals surface area contributed by atoms with Gasteiger partial charge in [-0.15, -0.1) is 0 Å². The summed E-state index contributed by atoms with van der Waals surface area (Å²) in [6, 6.07) is 15.6. The SMILES string of the molecule is COc1ccccc1NS(=O)(=O)c1cc([N+](=O)[O-])ccc1NCCc1ccc(OC)c(OC)c1. The van der Waals surface area contributed by atoms with Gasteiger partial charge in [0.05, 0.1) is 37.6 Å². The lowest BCUT2D eigenvalue weighted by molar-refractivity contribution is -0.385. The molecule has 0 heterocycles. The van der Waals surface area contributed by atoms with E-state index in [2.05, 4.69) is 10.0 Å². The van der Waals surface area contributed by atoms with E-state index in [1.165, 1.54) is 25.3 Å². The monoisotopic (exact) mass is 487 g/mol. The summed E-state index contributed by atoms with van der Waals surface area (Å²) in [5.74, 6) is 1.50. The third kappa shape index (κ3) is 5.67. The van der Waals surface area contributed by atoms with Crippen LogP contribution in [0.1, 0.15) is 5.56 Å². The quantitative estimate of drug-likeness (QED) is 0.306. The number of anilines is 2. The van der Waals surface area contributed by atoms with Gasteiger partial charge < -0.3 is 19.5 Å². The largest absolute Gasteiger partial charge is 0.495 e. The molecule has 0 amide bonds. The van der Waals surface area contributed by atoms with Crippen molar-refractivity contribution < 1.29 is 27.6 Å². The highest BCUT2D eigenvalue weighted by molar-refractivity contribution is 7.93. The van der Waals surface area contributed by atoms with Crippen LogP contribution in [0, 0.1) is 10.1 Å².